The van der Waals surface area contributed by atoms with Gasteiger partial charge in [-0.3, -0.25) is 9.36 Å². The van der Waals surface area contributed by atoms with E-state index in [1.54, 1.807) is 24.3 Å². The molecule has 0 fully saturated rings. The Hall–Kier alpha value is -3.03. The smallest absolute Gasteiger partial charge is 0.271 e. The molecule has 0 aliphatic heterocycles. The van der Waals surface area contributed by atoms with Gasteiger partial charge in [0, 0.05) is 23.0 Å². The number of carbonyl (C=O) groups excluding carboxylic acids is 1. The van der Waals surface area contributed by atoms with E-state index in [-0.39, 0.29) is 16.6 Å². The molecule has 6 nitrogen and oxygen atoms in total. The molecule has 3 heterocycles. The fraction of sp³-hybridized carbons (Fsp3) is 0. The molecule has 9 heteroatoms. The lowest BCUT2D eigenvalue weighted by molar-refractivity contribution is 0.0954. The molecule has 0 atom stereocenters. The third-order valence-corrected chi connectivity index (χ3v) is 4.22. The Labute approximate surface area is 162 Å². The molecule has 3 aromatic heterocycles. The highest BCUT2D eigenvalue weighted by atomic mass is 35.5. The molecule has 0 saturated carbocycles. The number of benzene rings is 1. The van der Waals surface area contributed by atoms with Gasteiger partial charge in [-0.05, 0) is 36.4 Å². The zero-order chi connectivity index (χ0) is 19.0. The SMILES string of the molecule is O=C(c1cc(-c2cc(F)cc(Cl)c2)n(-c2ccc(Cl)nc2)n1)n1ccnc1. The third-order valence-electron chi connectivity index (χ3n) is 3.78. The molecular formula is C18H10Cl2FN5O. The average Bonchev–Trinajstić information content (AvgIpc) is 3.31. The first-order valence-corrected chi connectivity index (χ1v) is 8.48. The maximum absolute atomic E-state index is 13.9. The van der Waals surface area contributed by atoms with E-state index in [1.165, 1.54) is 46.3 Å². The summed E-state index contributed by atoms with van der Waals surface area (Å²) >= 11 is 11.8. The second-order valence-corrected chi connectivity index (χ2v) is 6.42. The van der Waals surface area contributed by atoms with E-state index in [0.717, 1.165) is 0 Å². The van der Waals surface area contributed by atoms with Crippen molar-refractivity contribution in [2.45, 2.75) is 0 Å². The molecule has 4 rings (SSSR count). The van der Waals surface area contributed by atoms with Crippen molar-refractivity contribution in [1.29, 1.82) is 0 Å². The Kier molecular flexibility index (Phi) is 4.47. The maximum Gasteiger partial charge on any atom is 0.283 e. The highest BCUT2D eigenvalue weighted by Crippen LogP contribution is 2.28. The lowest BCUT2D eigenvalue weighted by atomic mass is 10.1. The molecule has 4 aromatic rings. The topological polar surface area (TPSA) is 65.6 Å². The van der Waals surface area contributed by atoms with Gasteiger partial charge in [-0.15, -0.1) is 0 Å². The van der Waals surface area contributed by atoms with Crippen LogP contribution in [-0.2, 0) is 0 Å². The second-order valence-electron chi connectivity index (χ2n) is 5.60. The minimum Gasteiger partial charge on any atom is -0.271 e. The Balaban J connectivity index is 1.89. The van der Waals surface area contributed by atoms with Gasteiger partial charge >= 0.3 is 0 Å². The first-order valence-electron chi connectivity index (χ1n) is 7.72. The number of hydrogen-bond acceptors (Lipinski definition) is 4. The fourth-order valence-corrected chi connectivity index (χ4v) is 2.93. The monoisotopic (exact) mass is 401 g/mol. The van der Waals surface area contributed by atoms with Crippen molar-refractivity contribution in [2.75, 3.05) is 0 Å². The van der Waals surface area contributed by atoms with Crippen LogP contribution in [0.15, 0.2) is 61.3 Å². The number of halogens is 3. The van der Waals surface area contributed by atoms with E-state index in [2.05, 4.69) is 15.1 Å². The van der Waals surface area contributed by atoms with E-state index < -0.39 is 5.82 Å². The molecule has 134 valence electrons. The van der Waals surface area contributed by atoms with Crippen LogP contribution in [0.4, 0.5) is 4.39 Å². The molecule has 27 heavy (non-hydrogen) atoms. The minimum absolute atomic E-state index is 0.151. The molecule has 0 radical (unpaired) electrons. The van der Waals surface area contributed by atoms with E-state index in [9.17, 15) is 9.18 Å². The predicted octanol–water partition coefficient (Wildman–Crippen LogP) is 4.27. The van der Waals surface area contributed by atoms with Gasteiger partial charge in [0.1, 0.15) is 17.3 Å². The quantitative estimate of drug-likeness (QED) is 0.481. The summed E-state index contributed by atoms with van der Waals surface area (Å²) in [6.07, 6.45) is 5.89. The Morgan fingerprint density at radius 3 is 2.63 bits per heavy atom. The normalized spacial score (nSPS) is 10.9. The van der Waals surface area contributed by atoms with Gasteiger partial charge in [-0.25, -0.2) is 19.0 Å². The zero-order valence-corrected chi connectivity index (χ0v) is 15.1. The molecule has 0 aliphatic rings. The first-order chi connectivity index (χ1) is 13.0. The van der Waals surface area contributed by atoms with Gasteiger partial charge in [0.15, 0.2) is 5.69 Å². The number of imidazole rings is 1. The molecule has 0 spiro atoms. The van der Waals surface area contributed by atoms with Gasteiger partial charge in [0.25, 0.3) is 5.91 Å². The van der Waals surface area contributed by atoms with Crippen LogP contribution in [-0.4, -0.2) is 30.2 Å². The second kappa shape index (κ2) is 6.94. The number of carbonyl (C=O) groups is 1. The van der Waals surface area contributed by atoms with Crippen molar-refractivity contribution in [1.82, 2.24) is 24.3 Å². The summed E-state index contributed by atoms with van der Waals surface area (Å²) < 4.78 is 16.7. The molecule has 0 bridgehead atoms. The largest absolute Gasteiger partial charge is 0.283 e. The number of aromatic nitrogens is 5. The summed E-state index contributed by atoms with van der Waals surface area (Å²) in [5, 5.41) is 4.92. The molecule has 0 N–H and O–H groups in total. The van der Waals surface area contributed by atoms with E-state index in [0.29, 0.717) is 22.1 Å². The predicted molar refractivity (Wildman–Crippen MR) is 98.7 cm³/mol. The first kappa shape index (κ1) is 17.4. The van der Waals surface area contributed by atoms with Crippen LogP contribution >= 0.6 is 23.2 Å². The van der Waals surface area contributed by atoms with Crippen LogP contribution in [0, 0.1) is 5.82 Å². The minimum atomic E-state index is -0.498. The van der Waals surface area contributed by atoms with Crippen molar-refractivity contribution in [3.63, 3.8) is 0 Å². The third kappa shape index (κ3) is 3.47. The van der Waals surface area contributed by atoms with Gasteiger partial charge < -0.3 is 0 Å². The van der Waals surface area contributed by atoms with Gasteiger partial charge in [-0.2, -0.15) is 5.10 Å². The summed E-state index contributed by atoms with van der Waals surface area (Å²) in [4.78, 5) is 20.5. The van der Waals surface area contributed by atoms with E-state index >= 15 is 0 Å². The van der Waals surface area contributed by atoms with E-state index in [4.69, 9.17) is 23.2 Å². The molecule has 0 saturated heterocycles. The lowest BCUT2D eigenvalue weighted by Crippen LogP contribution is -2.11. The number of hydrogen-bond donors (Lipinski definition) is 0. The van der Waals surface area contributed by atoms with Gasteiger partial charge in [0.2, 0.25) is 0 Å². The summed E-state index contributed by atoms with van der Waals surface area (Å²) in [6, 6.07) is 8.95. The van der Waals surface area contributed by atoms with Crippen LogP contribution in [0.5, 0.6) is 0 Å². The number of pyridine rings is 1. The standard InChI is InChI=1S/C18H10Cl2FN5O/c19-12-5-11(6-13(21)7-12)16-8-15(18(27)25-4-3-22-10-25)24-26(16)14-1-2-17(20)23-9-14/h1-10H. The highest BCUT2D eigenvalue weighted by molar-refractivity contribution is 6.30. The van der Waals surface area contributed by atoms with Gasteiger partial charge in [-0.1, -0.05) is 23.2 Å². The molecule has 0 amide bonds. The summed E-state index contributed by atoms with van der Waals surface area (Å²) in [5.41, 5.74) is 1.65. The maximum atomic E-state index is 13.9. The van der Waals surface area contributed by atoms with Crippen molar-refractivity contribution in [3.05, 3.63) is 83.0 Å². The molecule has 0 unspecified atom stereocenters. The van der Waals surface area contributed by atoms with Crippen LogP contribution in [0.2, 0.25) is 10.2 Å². The fourth-order valence-electron chi connectivity index (χ4n) is 2.59. The zero-order valence-electron chi connectivity index (χ0n) is 13.6. The van der Waals surface area contributed by atoms with Crippen LogP contribution in [0.1, 0.15) is 10.5 Å². The lowest BCUT2D eigenvalue weighted by Gasteiger charge is -2.08. The Morgan fingerprint density at radius 1 is 1.11 bits per heavy atom. The summed E-state index contributed by atoms with van der Waals surface area (Å²) in [7, 11) is 0. The van der Waals surface area contributed by atoms with Crippen molar-refractivity contribution in [2.24, 2.45) is 0 Å². The number of rotatable bonds is 3. The summed E-state index contributed by atoms with van der Waals surface area (Å²) in [6.45, 7) is 0. The van der Waals surface area contributed by atoms with Crippen molar-refractivity contribution < 1.29 is 9.18 Å². The molecule has 0 aliphatic carbocycles. The van der Waals surface area contributed by atoms with Crippen molar-refractivity contribution in [3.8, 4) is 16.9 Å². The van der Waals surface area contributed by atoms with Crippen LogP contribution in [0.25, 0.3) is 16.9 Å². The van der Waals surface area contributed by atoms with E-state index in [1.807, 2.05) is 0 Å². The van der Waals surface area contributed by atoms with Crippen molar-refractivity contribution >= 4 is 29.1 Å². The van der Waals surface area contributed by atoms with Gasteiger partial charge in [0.05, 0.1) is 17.6 Å². The van der Waals surface area contributed by atoms with Crippen LogP contribution in [0.3, 0.4) is 0 Å². The van der Waals surface area contributed by atoms with Crippen LogP contribution < -0.4 is 0 Å². The Bertz CT molecular complexity index is 1100. The molecular weight excluding hydrogens is 392 g/mol. The highest BCUT2D eigenvalue weighted by Gasteiger charge is 2.19. The average molecular weight is 402 g/mol. The molecule has 1 aromatic carbocycles. The summed E-state index contributed by atoms with van der Waals surface area (Å²) in [5.74, 6) is -0.876. The number of nitrogens with zero attached hydrogens (tertiary/aromatic N) is 5. The Morgan fingerprint density at radius 2 is 1.96 bits per heavy atom.